The molecule has 0 bridgehead atoms. The summed E-state index contributed by atoms with van der Waals surface area (Å²) in [6, 6.07) is 4.59. The van der Waals surface area contributed by atoms with Gasteiger partial charge in [-0.15, -0.1) is 11.6 Å². The molecule has 1 aromatic heterocycles. The third-order valence-electron chi connectivity index (χ3n) is 3.16. The van der Waals surface area contributed by atoms with Crippen LogP contribution in [0.5, 0.6) is 0 Å². The summed E-state index contributed by atoms with van der Waals surface area (Å²) in [5.74, 6) is -1.06. The highest BCUT2D eigenvalue weighted by Crippen LogP contribution is 2.19. The number of carboxylic acid groups (broad SMARTS) is 1. The van der Waals surface area contributed by atoms with Gasteiger partial charge >= 0.3 is 5.97 Å². The first-order valence-corrected chi connectivity index (χ1v) is 7.35. The molecule has 0 aliphatic carbocycles. The molecule has 0 aliphatic rings. The standard InChI is InChI=1S/C16H16ClFN2O2/c1-11-9-20(10-19-11)15-5-4-12(8-14(15)18)7-13(16(21)22)3-2-6-17/h4-5,7-10H,2-3,6H2,1H3,(H,21,22)/b13-7+. The zero-order valence-electron chi connectivity index (χ0n) is 12.1. The van der Waals surface area contributed by atoms with Crippen molar-refractivity contribution in [3.8, 4) is 5.69 Å². The fourth-order valence-electron chi connectivity index (χ4n) is 2.07. The van der Waals surface area contributed by atoms with Crippen LogP contribution in [0.25, 0.3) is 11.8 Å². The summed E-state index contributed by atoms with van der Waals surface area (Å²) in [7, 11) is 0. The second-order valence-electron chi connectivity index (χ2n) is 4.90. The summed E-state index contributed by atoms with van der Waals surface area (Å²) in [4.78, 5) is 15.2. The molecule has 0 spiro atoms. The summed E-state index contributed by atoms with van der Waals surface area (Å²) in [6.07, 6.45) is 5.64. The second-order valence-corrected chi connectivity index (χ2v) is 5.28. The van der Waals surface area contributed by atoms with E-state index in [2.05, 4.69) is 4.98 Å². The Morgan fingerprint density at radius 3 is 2.82 bits per heavy atom. The van der Waals surface area contributed by atoms with Crippen LogP contribution in [0, 0.1) is 12.7 Å². The van der Waals surface area contributed by atoms with Gasteiger partial charge in [-0.2, -0.15) is 0 Å². The number of benzene rings is 1. The minimum absolute atomic E-state index is 0.214. The Morgan fingerprint density at radius 1 is 1.50 bits per heavy atom. The summed E-state index contributed by atoms with van der Waals surface area (Å²) in [6.45, 7) is 1.82. The van der Waals surface area contributed by atoms with Gasteiger partial charge in [-0.1, -0.05) is 6.07 Å². The Labute approximate surface area is 132 Å². The van der Waals surface area contributed by atoms with Crippen LogP contribution in [0.1, 0.15) is 24.1 Å². The molecule has 116 valence electrons. The molecule has 0 saturated heterocycles. The first-order chi connectivity index (χ1) is 10.5. The number of aliphatic carboxylic acids is 1. The maximum Gasteiger partial charge on any atom is 0.331 e. The molecule has 2 aromatic rings. The Bertz CT molecular complexity index is 710. The first kappa shape index (κ1) is 16.2. The topological polar surface area (TPSA) is 55.1 Å². The van der Waals surface area contributed by atoms with Gasteiger partial charge in [0.1, 0.15) is 5.82 Å². The van der Waals surface area contributed by atoms with Crippen molar-refractivity contribution in [3.63, 3.8) is 0 Å². The molecule has 0 aliphatic heterocycles. The number of aryl methyl sites for hydroxylation is 1. The molecule has 22 heavy (non-hydrogen) atoms. The van der Waals surface area contributed by atoms with Crippen molar-refractivity contribution >= 4 is 23.6 Å². The average molecular weight is 323 g/mol. The van der Waals surface area contributed by atoms with Gasteiger partial charge in [0.05, 0.1) is 17.7 Å². The number of alkyl halides is 1. The number of halogens is 2. The molecule has 0 radical (unpaired) electrons. The quantitative estimate of drug-likeness (QED) is 0.650. The van der Waals surface area contributed by atoms with Crippen molar-refractivity contribution in [2.45, 2.75) is 19.8 Å². The number of nitrogens with zero attached hydrogens (tertiary/aromatic N) is 2. The van der Waals surface area contributed by atoms with Crippen molar-refractivity contribution in [1.82, 2.24) is 9.55 Å². The predicted molar refractivity (Wildman–Crippen MR) is 83.8 cm³/mol. The Hall–Kier alpha value is -2.14. The van der Waals surface area contributed by atoms with E-state index in [9.17, 15) is 9.18 Å². The third kappa shape index (κ3) is 3.95. The molecule has 4 nitrogen and oxygen atoms in total. The zero-order chi connectivity index (χ0) is 16.1. The largest absolute Gasteiger partial charge is 0.478 e. The molecule has 2 rings (SSSR count). The van der Waals surface area contributed by atoms with Crippen molar-refractivity contribution in [2.75, 3.05) is 5.88 Å². The van der Waals surface area contributed by atoms with Crippen LogP contribution in [0.3, 0.4) is 0 Å². The number of rotatable bonds is 6. The predicted octanol–water partition coefficient (Wildman–Crippen LogP) is 3.81. The number of imidazole rings is 1. The lowest BCUT2D eigenvalue weighted by molar-refractivity contribution is -0.132. The van der Waals surface area contributed by atoms with Gasteiger partial charge in [-0.25, -0.2) is 14.2 Å². The van der Waals surface area contributed by atoms with Gasteiger partial charge in [0, 0.05) is 17.6 Å². The second kappa shape index (κ2) is 7.22. The maximum atomic E-state index is 14.2. The lowest BCUT2D eigenvalue weighted by Gasteiger charge is -2.06. The minimum atomic E-state index is -1.01. The monoisotopic (exact) mass is 322 g/mol. The lowest BCUT2D eigenvalue weighted by atomic mass is 10.1. The van der Waals surface area contributed by atoms with Crippen LogP contribution in [0.4, 0.5) is 4.39 Å². The first-order valence-electron chi connectivity index (χ1n) is 6.81. The van der Waals surface area contributed by atoms with E-state index in [1.165, 1.54) is 18.5 Å². The minimum Gasteiger partial charge on any atom is -0.478 e. The van der Waals surface area contributed by atoms with Crippen molar-refractivity contribution in [2.24, 2.45) is 0 Å². The van der Waals surface area contributed by atoms with Gasteiger partial charge in [0.2, 0.25) is 0 Å². The SMILES string of the molecule is Cc1cn(-c2ccc(/C=C(\CCCCl)C(=O)O)cc2F)cn1. The third-order valence-corrected chi connectivity index (χ3v) is 3.42. The van der Waals surface area contributed by atoms with E-state index >= 15 is 0 Å². The molecule has 0 saturated carbocycles. The van der Waals surface area contributed by atoms with Crippen molar-refractivity contribution in [1.29, 1.82) is 0 Å². The van der Waals surface area contributed by atoms with E-state index in [0.29, 0.717) is 30.0 Å². The Balaban J connectivity index is 2.30. The molecule has 0 fully saturated rings. The van der Waals surface area contributed by atoms with Crippen molar-refractivity contribution < 1.29 is 14.3 Å². The lowest BCUT2D eigenvalue weighted by Crippen LogP contribution is -2.01. The number of aromatic nitrogens is 2. The summed E-state index contributed by atoms with van der Waals surface area (Å²) < 4.78 is 15.8. The number of hydrogen-bond donors (Lipinski definition) is 1. The van der Waals surface area contributed by atoms with Crippen molar-refractivity contribution in [3.05, 3.63) is 53.4 Å². The highest BCUT2D eigenvalue weighted by Gasteiger charge is 2.09. The van der Waals surface area contributed by atoms with Gasteiger partial charge in [-0.05, 0) is 43.5 Å². The molecule has 1 heterocycles. The van der Waals surface area contributed by atoms with E-state index in [-0.39, 0.29) is 5.57 Å². The molecular formula is C16H16ClFN2O2. The van der Waals surface area contributed by atoms with Crippen LogP contribution in [0.15, 0.2) is 36.3 Å². The van der Waals surface area contributed by atoms with Gasteiger partial charge in [-0.3, -0.25) is 0 Å². The van der Waals surface area contributed by atoms with E-state index in [1.807, 2.05) is 6.92 Å². The molecular weight excluding hydrogens is 307 g/mol. The Morgan fingerprint density at radius 2 is 2.27 bits per heavy atom. The van der Waals surface area contributed by atoms with E-state index in [4.69, 9.17) is 16.7 Å². The smallest absolute Gasteiger partial charge is 0.331 e. The zero-order valence-corrected chi connectivity index (χ0v) is 12.8. The highest BCUT2D eigenvalue weighted by atomic mass is 35.5. The van der Waals surface area contributed by atoms with Crippen LogP contribution in [-0.2, 0) is 4.79 Å². The molecule has 6 heteroatoms. The molecule has 0 unspecified atom stereocenters. The highest BCUT2D eigenvalue weighted by molar-refractivity contribution is 6.17. The van der Waals surface area contributed by atoms with Gasteiger partial charge in [0.15, 0.2) is 0 Å². The average Bonchev–Trinajstić information content (AvgIpc) is 2.89. The number of hydrogen-bond acceptors (Lipinski definition) is 2. The van der Waals surface area contributed by atoms with Gasteiger partial charge < -0.3 is 9.67 Å². The van der Waals surface area contributed by atoms with Crippen LogP contribution in [-0.4, -0.2) is 26.5 Å². The van der Waals surface area contributed by atoms with E-state index in [1.54, 1.807) is 22.9 Å². The normalized spacial score (nSPS) is 11.7. The molecule has 1 N–H and O–H groups in total. The van der Waals surface area contributed by atoms with Crippen LogP contribution < -0.4 is 0 Å². The molecule has 0 amide bonds. The summed E-state index contributed by atoms with van der Waals surface area (Å²) in [5.41, 5.74) is 1.88. The fraction of sp³-hybridized carbons (Fsp3) is 0.250. The van der Waals surface area contributed by atoms with Gasteiger partial charge in [0.25, 0.3) is 0 Å². The summed E-state index contributed by atoms with van der Waals surface area (Å²) >= 11 is 5.58. The van der Waals surface area contributed by atoms with E-state index in [0.717, 1.165) is 5.69 Å². The summed E-state index contributed by atoms with van der Waals surface area (Å²) in [5, 5.41) is 9.15. The molecule has 0 atom stereocenters. The van der Waals surface area contributed by atoms with Crippen LogP contribution in [0.2, 0.25) is 0 Å². The van der Waals surface area contributed by atoms with E-state index < -0.39 is 11.8 Å². The number of carbonyl (C=O) groups is 1. The maximum absolute atomic E-state index is 14.2. The Kier molecular flexibility index (Phi) is 5.33. The van der Waals surface area contributed by atoms with Crippen LogP contribution >= 0.6 is 11.6 Å². The molecule has 1 aromatic carbocycles. The fourth-order valence-corrected chi connectivity index (χ4v) is 2.21. The number of carboxylic acids is 1.